The van der Waals surface area contributed by atoms with Crippen molar-refractivity contribution < 1.29 is 42.1 Å². The van der Waals surface area contributed by atoms with E-state index in [1.54, 1.807) is 36.2 Å². The Bertz CT molecular complexity index is 4040. The van der Waals surface area contributed by atoms with Crippen LogP contribution in [0.15, 0.2) is 164 Å². The molecule has 18 heteroatoms. The molecule has 10 aromatic rings. The van der Waals surface area contributed by atoms with Gasteiger partial charge in [0, 0.05) is 75.1 Å². The fourth-order valence-electron chi connectivity index (χ4n) is 12.1. The Morgan fingerprint density at radius 3 is 1.44 bits per heavy atom. The van der Waals surface area contributed by atoms with Crippen molar-refractivity contribution >= 4 is 96.2 Å². The van der Waals surface area contributed by atoms with Crippen molar-refractivity contribution in [2.24, 2.45) is 0 Å². The molecule has 0 radical (unpaired) electrons. The molecule has 81 heavy (non-hydrogen) atoms. The molecule has 3 amide bonds. The van der Waals surface area contributed by atoms with Gasteiger partial charge in [0.2, 0.25) is 5.91 Å². The third-order valence-corrected chi connectivity index (χ3v) is 16.7. The summed E-state index contributed by atoms with van der Waals surface area (Å²) in [6.45, 7) is 1.42. The summed E-state index contributed by atoms with van der Waals surface area (Å²) in [5, 5.41) is 2.54. The van der Waals surface area contributed by atoms with E-state index in [9.17, 15) is 23.4 Å². The summed E-state index contributed by atoms with van der Waals surface area (Å²) in [5.41, 5.74) is 10.8. The zero-order valence-corrected chi connectivity index (χ0v) is 46.3. The number of para-hydroxylation sites is 1. The summed E-state index contributed by atoms with van der Waals surface area (Å²) in [6.07, 6.45) is 1.78. The first-order valence-corrected chi connectivity index (χ1v) is 29.4. The predicted octanol–water partition coefficient (Wildman–Crippen LogP) is 12.1. The Hall–Kier alpha value is -8.81. The molecule has 0 saturated carbocycles. The molecule has 0 aliphatic carbocycles. The average molecular weight is 1120 g/mol. The number of carbonyl (C=O) groups is 4. The van der Waals surface area contributed by atoms with Gasteiger partial charge >= 0.3 is 5.97 Å². The molecule has 0 saturated heterocycles. The number of anilines is 4. The van der Waals surface area contributed by atoms with Crippen LogP contribution in [0, 0.1) is 0 Å². The number of aromatic nitrogens is 3. The molecular formula is C63H54FN7O8P2. The van der Waals surface area contributed by atoms with E-state index in [0.717, 1.165) is 83.3 Å². The van der Waals surface area contributed by atoms with Crippen LogP contribution in [-0.2, 0) is 38.9 Å². The lowest BCUT2D eigenvalue weighted by Crippen LogP contribution is -2.43. The molecule has 3 N–H and O–H groups in total. The van der Waals surface area contributed by atoms with E-state index in [-0.39, 0.29) is 36.7 Å². The molecular weight excluding hydrogens is 1060 g/mol. The number of nitrogens with zero attached hydrogens (tertiary/aromatic N) is 4. The first kappa shape index (κ1) is 51.6. The fourth-order valence-corrected chi connectivity index (χ4v) is 12.7. The normalized spacial score (nSPS) is 14.1. The summed E-state index contributed by atoms with van der Waals surface area (Å²) in [4.78, 5) is 73.2. The van der Waals surface area contributed by atoms with Crippen molar-refractivity contribution in [3.63, 3.8) is 0 Å². The molecule has 6 heterocycles. The number of hydrogen-bond acceptors (Lipinski definition) is 9. The van der Waals surface area contributed by atoms with E-state index in [0.29, 0.717) is 67.3 Å². The van der Waals surface area contributed by atoms with Crippen LogP contribution >= 0.6 is 17.1 Å². The van der Waals surface area contributed by atoms with Crippen LogP contribution in [0.4, 0.5) is 26.9 Å². The maximum Gasteiger partial charge on any atom is 0.359 e. The van der Waals surface area contributed by atoms with Gasteiger partial charge in [-0.2, -0.15) is 4.20 Å². The van der Waals surface area contributed by atoms with E-state index >= 15 is 0 Å². The first-order chi connectivity index (χ1) is 39.5. The SMILES string of the molecule is COc1ccc(C(OCN(CC(=O)N2CCc3c2ccc2[nH]c(C(=O)N4CCc5c4ccc4[nH]c(C(=O)N6CCc7c6ccc6[nH]c(C(=O)OP(F)P)cc76)cc54)cc32)c2ccccc2)(c2ccccc2)c2ccc(OC)cc2)cc1. The number of ether oxygens (including phenoxy) is 3. The minimum absolute atomic E-state index is 0.0153. The molecule has 15 nitrogen and oxygen atoms in total. The highest BCUT2D eigenvalue weighted by molar-refractivity contribution is 8.08. The van der Waals surface area contributed by atoms with Gasteiger partial charge in [-0.1, -0.05) is 72.8 Å². The van der Waals surface area contributed by atoms with Crippen molar-refractivity contribution in [3.05, 3.63) is 214 Å². The Kier molecular flexibility index (Phi) is 13.4. The van der Waals surface area contributed by atoms with Crippen LogP contribution in [0.25, 0.3) is 32.7 Å². The number of H-pyrrole nitrogens is 3. The van der Waals surface area contributed by atoms with E-state index in [2.05, 4.69) is 27.1 Å². The monoisotopic (exact) mass is 1120 g/mol. The largest absolute Gasteiger partial charge is 0.497 e. The number of amides is 3. The lowest BCUT2D eigenvalue weighted by atomic mass is 9.80. The second kappa shape index (κ2) is 21.0. The standard InChI is InChI=1S/C63H54FN7O8P2/c1-76-42-17-13-39(14-18-42)63(38-9-5-3-6-10-38,40-15-19-43(77-2)20-16-40)78-37-68(41-11-7-4-8-12-41)36-59(72)69-30-27-44-47-33-53(65-50(47)21-24-56(44)69)60(73)70-31-28-45-48-34-54(66-51(48)22-25-57(45)70)61(74)71-32-29-46-49-35-55(62(75)79-81(64)80)67-52(49)23-26-58(46)71/h3-26,33-35,65-67H,27-32,36-37,80H2,1-2H3. The number of halogens is 1. The van der Waals surface area contributed by atoms with Gasteiger partial charge in [0.1, 0.15) is 40.9 Å². The Labute approximate surface area is 468 Å². The lowest BCUT2D eigenvalue weighted by molar-refractivity contribution is -0.117. The van der Waals surface area contributed by atoms with Gasteiger partial charge < -0.3 is 53.3 Å². The van der Waals surface area contributed by atoms with Crippen molar-refractivity contribution in [1.29, 1.82) is 0 Å². The number of methoxy groups -OCH3 is 2. The predicted molar refractivity (Wildman–Crippen MR) is 317 cm³/mol. The van der Waals surface area contributed by atoms with Crippen LogP contribution in [0.2, 0.25) is 0 Å². The van der Waals surface area contributed by atoms with Gasteiger partial charge in [-0.05, 0) is 153 Å². The summed E-state index contributed by atoms with van der Waals surface area (Å²) >= 11 is 0. The molecule has 3 aliphatic rings. The van der Waals surface area contributed by atoms with Crippen LogP contribution in [0.5, 0.6) is 11.5 Å². The van der Waals surface area contributed by atoms with E-state index in [1.807, 2.05) is 158 Å². The summed E-state index contributed by atoms with van der Waals surface area (Å²) in [6, 6.07) is 52.5. The maximum atomic E-state index is 14.8. The van der Waals surface area contributed by atoms with E-state index < -0.39 is 19.7 Å². The van der Waals surface area contributed by atoms with Crippen LogP contribution in [0.3, 0.4) is 0 Å². The van der Waals surface area contributed by atoms with Gasteiger partial charge in [0.05, 0.1) is 20.8 Å². The highest BCUT2D eigenvalue weighted by atomic mass is 32.0. The quantitative estimate of drug-likeness (QED) is 0.0515. The van der Waals surface area contributed by atoms with Crippen molar-refractivity contribution in [1.82, 2.24) is 15.0 Å². The molecule has 406 valence electrons. The molecule has 2 atom stereocenters. The second-order valence-electron chi connectivity index (χ2n) is 20.3. The number of rotatable bonds is 15. The van der Waals surface area contributed by atoms with Gasteiger partial charge in [0.15, 0.2) is 0 Å². The molecule has 0 bridgehead atoms. The number of nitrogens with one attached hydrogen (secondary N) is 3. The maximum absolute atomic E-state index is 14.8. The van der Waals surface area contributed by atoms with E-state index in [4.69, 9.17) is 18.7 Å². The number of benzene rings is 7. The number of hydrogen-bond donors (Lipinski definition) is 3. The molecule has 13 rings (SSSR count). The van der Waals surface area contributed by atoms with Gasteiger partial charge in [-0.25, -0.2) is 4.79 Å². The zero-order chi connectivity index (χ0) is 55.5. The molecule has 2 unspecified atom stereocenters. The molecule has 0 fully saturated rings. The van der Waals surface area contributed by atoms with Crippen LogP contribution < -0.4 is 29.1 Å². The second-order valence-corrected chi connectivity index (χ2v) is 22.2. The Morgan fingerprint density at radius 2 is 0.975 bits per heavy atom. The van der Waals surface area contributed by atoms with Gasteiger partial charge in [-0.3, -0.25) is 14.4 Å². The van der Waals surface area contributed by atoms with Gasteiger partial charge in [-0.15, -0.1) is 0 Å². The highest BCUT2D eigenvalue weighted by Crippen LogP contribution is 2.48. The highest BCUT2D eigenvalue weighted by Gasteiger charge is 2.40. The number of fused-ring (bicyclic) bond motifs is 9. The van der Waals surface area contributed by atoms with Crippen molar-refractivity contribution in [2.45, 2.75) is 24.9 Å². The average Bonchev–Trinajstić information content (AvgIpc) is 4.58. The Balaban J connectivity index is 0.742. The summed E-state index contributed by atoms with van der Waals surface area (Å²) in [5.74, 6) is 0.168. The van der Waals surface area contributed by atoms with Gasteiger partial charge in [0.25, 0.3) is 20.0 Å². The van der Waals surface area contributed by atoms with Crippen molar-refractivity contribution in [2.75, 3.05) is 66.7 Å². The molecule has 3 aromatic heterocycles. The number of aromatic amines is 3. The number of carbonyl (C=O) groups excluding carboxylic acids is 4. The smallest absolute Gasteiger partial charge is 0.359 e. The zero-order valence-electron chi connectivity index (χ0n) is 44.2. The summed E-state index contributed by atoms with van der Waals surface area (Å²) in [7, 11) is 2.70. The first-order valence-electron chi connectivity index (χ1n) is 26.6. The fraction of sp³-hybridized carbons (Fsp3) is 0.175. The van der Waals surface area contributed by atoms with E-state index in [1.165, 1.54) is 0 Å². The van der Waals surface area contributed by atoms with Crippen LogP contribution in [0.1, 0.15) is 64.8 Å². The molecule has 0 spiro atoms. The minimum Gasteiger partial charge on any atom is -0.497 e. The third-order valence-electron chi connectivity index (χ3n) is 16.0. The lowest BCUT2D eigenvalue weighted by Gasteiger charge is -2.38. The molecule has 3 aliphatic heterocycles. The third kappa shape index (κ3) is 9.13. The molecule has 7 aromatic carbocycles. The minimum atomic E-state index is -2.45. The van der Waals surface area contributed by atoms with Crippen LogP contribution in [-0.4, -0.2) is 85.8 Å². The summed E-state index contributed by atoms with van der Waals surface area (Å²) < 4.78 is 36.7. The Morgan fingerprint density at radius 1 is 0.556 bits per heavy atom. The van der Waals surface area contributed by atoms with Crippen molar-refractivity contribution in [3.8, 4) is 11.5 Å². The topological polar surface area (TPSA) is 166 Å².